The van der Waals surface area contributed by atoms with Gasteiger partial charge in [0.15, 0.2) is 0 Å². The molecule has 2 aromatic rings. The van der Waals surface area contributed by atoms with E-state index in [0.717, 1.165) is 16.7 Å². The zero-order chi connectivity index (χ0) is 20.0. The van der Waals surface area contributed by atoms with Crippen LogP contribution >= 0.6 is 0 Å². The maximum atomic E-state index is 12.8. The Morgan fingerprint density at radius 2 is 1.59 bits per heavy atom. The third-order valence-corrected chi connectivity index (χ3v) is 5.14. The van der Waals surface area contributed by atoms with Crippen LogP contribution in [0.15, 0.2) is 54.6 Å². The molecule has 4 heteroatoms. The number of ether oxygens (including phenoxy) is 1. The molecule has 0 aliphatic rings. The molecule has 2 rings (SSSR count). The molecule has 0 spiro atoms. The number of esters is 1. The summed E-state index contributed by atoms with van der Waals surface area (Å²) in [7, 11) is 0. The normalized spacial score (nSPS) is 14.3. The SMILES string of the molecule is Cc1ccc(C(C)C(=O)NC(C)(C(=O)OCc2ccccc2)C(C)C)cc1. The molecule has 1 amide bonds. The fraction of sp³-hybridized carbons (Fsp3) is 0.391. The summed E-state index contributed by atoms with van der Waals surface area (Å²) in [5, 5.41) is 2.93. The Bertz CT molecular complexity index is 768. The fourth-order valence-corrected chi connectivity index (χ4v) is 2.67. The Hall–Kier alpha value is -2.62. The zero-order valence-corrected chi connectivity index (χ0v) is 16.8. The number of carbonyl (C=O) groups excluding carboxylic acids is 2. The molecule has 2 unspecified atom stereocenters. The molecule has 0 saturated heterocycles. The highest BCUT2D eigenvalue weighted by atomic mass is 16.5. The summed E-state index contributed by atoms with van der Waals surface area (Å²) >= 11 is 0. The molecule has 0 aromatic heterocycles. The van der Waals surface area contributed by atoms with E-state index in [1.165, 1.54) is 0 Å². The van der Waals surface area contributed by atoms with Crippen LogP contribution in [0.3, 0.4) is 0 Å². The zero-order valence-electron chi connectivity index (χ0n) is 16.8. The van der Waals surface area contributed by atoms with Crippen molar-refractivity contribution in [3.8, 4) is 0 Å². The van der Waals surface area contributed by atoms with Crippen molar-refractivity contribution in [1.82, 2.24) is 5.32 Å². The molecular weight excluding hydrogens is 338 g/mol. The van der Waals surface area contributed by atoms with Crippen molar-refractivity contribution >= 4 is 11.9 Å². The Morgan fingerprint density at radius 3 is 2.15 bits per heavy atom. The molecule has 0 saturated carbocycles. The van der Waals surface area contributed by atoms with Gasteiger partial charge >= 0.3 is 5.97 Å². The predicted octanol–water partition coefficient (Wildman–Crippen LogP) is 4.37. The number of amides is 1. The molecule has 2 aromatic carbocycles. The molecule has 0 heterocycles. The standard InChI is InChI=1S/C23H29NO3/c1-16(2)23(5,22(26)27-15-19-9-7-6-8-10-19)24-21(25)18(4)20-13-11-17(3)12-14-20/h6-14,16,18H,15H2,1-5H3,(H,24,25). The van der Waals surface area contributed by atoms with Gasteiger partial charge in [-0.15, -0.1) is 0 Å². The van der Waals surface area contributed by atoms with Crippen molar-refractivity contribution in [3.63, 3.8) is 0 Å². The first kappa shape index (κ1) is 20.7. The lowest BCUT2D eigenvalue weighted by atomic mass is 9.87. The van der Waals surface area contributed by atoms with Crippen molar-refractivity contribution in [2.75, 3.05) is 0 Å². The van der Waals surface area contributed by atoms with Crippen molar-refractivity contribution in [2.45, 2.75) is 52.7 Å². The summed E-state index contributed by atoms with van der Waals surface area (Å²) in [5.41, 5.74) is 1.88. The van der Waals surface area contributed by atoms with Gasteiger partial charge in [0.25, 0.3) is 0 Å². The van der Waals surface area contributed by atoms with Crippen LogP contribution in [0, 0.1) is 12.8 Å². The highest BCUT2D eigenvalue weighted by Crippen LogP contribution is 2.23. The average molecular weight is 367 g/mol. The number of aryl methyl sites for hydroxylation is 1. The van der Waals surface area contributed by atoms with Gasteiger partial charge < -0.3 is 10.1 Å². The van der Waals surface area contributed by atoms with Gasteiger partial charge in [-0.25, -0.2) is 4.79 Å². The molecule has 4 nitrogen and oxygen atoms in total. The van der Waals surface area contributed by atoms with E-state index in [-0.39, 0.29) is 24.3 Å². The van der Waals surface area contributed by atoms with E-state index >= 15 is 0 Å². The van der Waals surface area contributed by atoms with Crippen molar-refractivity contribution in [2.24, 2.45) is 5.92 Å². The van der Waals surface area contributed by atoms with Crippen LogP contribution in [0.2, 0.25) is 0 Å². The van der Waals surface area contributed by atoms with Crippen LogP contribution in [0.4, 0.5) is 0 Å². The van der Waals surface area contributed by atoms with Crippen LogP contribution in [-0.4, -0.2) is 17.4 Å². The van der Waals surface area contributed by atoms with Gasteiger partial charge in [-0.1, -0.05) is 74.0 Å². The van der Waals surface area contributed by atoms with Crippen LogP contribution in [-0.2, 0) is 20.9 Å². The summed E-state index contributed by atoms with van der Waals surface area (Å²) in [6.07, 6.45) is 0. The van der Waals surface area contributed by atoms with Gasteiger partial charge in [-0.3, -0.25) is 4.79 Å². The first-order valence-electron chi connectivity index (χ1n) is 9.33. The summed E-state index contributed by atoms with van der Waals surface area (Å²) in [6, 6.07) is 17.4. The molecule has 27 heavy (non-hydrogen) atoms. The number of rotatable bonds is 7. The van der Waals surface area contributed by atoms with E-state index in [9.17, 15) is 9.59 Å². The maximum Gasteiger partial charge on any atom is 0.332 e. The van der Waals surface area contributed by atoms with Gasteiger partial charge in [0, 0.05) is 0 Å². The predicted molar refractivity (Wildman–Crippen MR) is 107 cm³/mol. The van der Waals surface area contributed by atoms with Crippen LogP contribution in [0.1, 0.15) is 50.3 Å². The second kappa shape index (κ2) is 8.85. The highest BCUT2D eigenvalue weighted by molar-refractivity contribution is 5.91. The summed E-state index contributed by atoms with van der Waals surface area (Å²) in [6.45, 7) is 9.57. The summed E-state index contributed by atoms with van der Waals surface area (Å²) < 4.78 is 5.50. The Morgan fingerprint density at radius 1 is 1.00 bits per heavy atom. The third kappa shape index (κ3) is 5.19. The fourth-order valence-electron chi connectivity index (χ4n) is 2.67. The molecule has 0 fully saturated rings. The van der Waals surface area contributed by atoms with Gasteiger partial charge in [0.2, 0.25) is 5.91 Å². The number of benzene rings is 2. The number of carbonyl (C=O) groups is 2. The quantitative estimate of drug-likeness (QED) is 0.739. The minimum Gasteiger partial charge on any atom is -0.459 e. The molecule has 1 N–H and O–H groups in total. The second-order valence-electron chi connectivity index (χ2n) is 7.54. The van der Waals surface area contributed by atoms with Crippen molar-refractivity contribution in [1.29, 1.82) is 0 Å². The summed E-state index contributed by atoms with van der Waals surface area (Å²) in [4.78, 5) is 25.6. The molecular formula is C23H29NO3. The molecule has 2 atom stereocenters. The van der Waals surface area contributed by atoms with Gasteiger partial charge in [0.1, 0.15) is 12.1 Å². The van der Waals surface area contributed by atoms with Crippen molar-refractivity contribution < 1.29 is 14.3 Å². The number of hydrogen-bond acceptors (Lipinski definition) is 3. The van der Waals surface area contributed by atoms with Crippen LogP contribution < -0.4 is 5.32 Å². The van der Waals surface area contributed by atoms with E-state index in [0.29, 0.717) is 0 Å². The first-order valence-corrected chi connectivity index (χ1v) is 9.33. The van der Waals surface area contributed by atoms with E-state index in [2.05, 4.69) is 5.32 Å². The van der Waals surface area contributed by atoms with Gasteiger partial charge in [0.05, 0.1) is 5.92 Å². The smallest absolute Gasteiger partial charge is 0.332 e. The van der Waals surface area contributed by atoms with Gasteiger partial charge in [-0.2, -0.15) is 0 Å². The van der Waals surface area contributed by atoms with E-state index in [1.807, 2.05) is 82.3 Å². The average Bonchev–Trinajstić information content (AvgIpc) is 2.66. The lowest BCUT2D eigenvalue weighted by Crippen LogP contribution is -2.57. The van der Waals surface area contributed by atoms with E-state index in [1.54, 1.807) is 6.92 Å². The Labute approximate surface area is 161 Å². The van der Waals surface area contributed by atoms with Gasteiger partial charge in [-0.05, 0) is 37.8 Å². The number of hydrogen-bond donors (Lipinski definition) is 1. The van der Waals surface area contributed by atoms with E-state index < -0.39 is 11.5 Å². The third-order valence-electron chi connectivity index (χ3n) is 5.14. The Balaban J connectivity index is 2.08. The molecule has 0 aliphatic carbocycles. The minimum absolute atomic E-state index is 0.116. The lowest BCUT2D eigenvalue weighted by Gasteiger charge is -2.33. The van der Waals surface area contributed by atoms with Crippen LogP contribution in [0.5, 0.6) is 0 Å². The lowest BCUT2D eigenvalue weighted by molar-refractivity contribution is -0.156. The second-order valence-corrected chi connectivity index (χ2v) is 7.54. The highest BCUT2D eigenvalue weighted by Gasteiger charge is 2.40. The van der Waals surface area contributed by atoms with Crippen molar-refractivity contribution in [3.05, 3.63) is 71.3 Å². The largest absolute Gasteiger partial charge is 0.459 e. The minimum atomic E-state index is -1.09. The first-order chi connectivity index (χ1) is 12.7. The van der Waals surface area contributed by atoms with E-state index in [4.69, 9.17) is 4.74 Å². The molecule has 0 radical (unpaired) electrons. The topological polar surface area (TPSA) is 55.4 Å². The molecule has 0 bridgehead atoms. The monoisotopic (exact) mass is 367 g/mol. The Kier molecular flexibility index (Phi) is 6.78. The number of nitrogens with one attached hydrogen (secondary N) is 1. The molecule has 144 valence electrons. The maximum absolute atomic E-state index is 12.8. The summed E-state index contributed by atoms with van der Waals surface area (Å²) in [5.74, 6) is -1.09. The molecule has 0 aliphatic heterocycles. The van der Waals surface area contributed by atoms with Crippen LogP contribution in [0.25, 0.3) is 0 Å².